The van der Waals surface area contributed by atoms with Crippen molar-refractivity contribution in [2.75, 3.05) is 19.7 Å². The maximum Gasteiger partial charge on any atom is 0.228 e. The summed E-state index contributed by atoms with van der Waals surface area (Å²) in [7, 11) is 0. The average Bonchev–Trinajstić information content (AvgIpc) is 2.93. The highest BCUT2D eigenvalue weighted by Gasteiger charge is 2.25. The number of benzene rings is 1. The normalized spacial score (nSPS) is 18.7. The highest BCUT2D eigenvalue weighted by molar-refractivity contribution is 7.09. The number of rotatable bonds is 3. The Kier molecular flexibility index (Phi) is 4.31. The smallest absolute Gasteiger partial charge is 0.228 e. The van der Waals surface area contributed by atoms with Gasteiger partial charge in [0.25, 0.3) is 0 Å². The van der Waals surface area contributed by atoms with Gasteiger partial charge < -0.3 is 9.64 Å². The summed E-state index contributed by atoms with van der Waals surface area (Å²) in [6, 6.07) is 10.1. The van der Waals surface area contributed by atoms with Gasteiger partial charge in [-0.15, -0.1) is 11.3 Å². The molecule has 0 N–H and O–H groups in total. The lowest BCUT2D eigenvalue weighted by molar-refractivity contribution is -0.138. The standard InChI is InChI=1S/C16H18N2O2S/c1-12-17-14(11-21-12)9-16(19)18-7-8-20-15(10-18)13-5-3-2-4-6-13/h2-6,11,15H,7-10H2,1H3. The molecular formula is C16H18N2O2S. The summed E-state index contributed by atoms with van der Waals surface area (Å²) in [6.07, 6.45) is 0.354. The van der Waals surface area contributed by atoms with Crippen molar-refractivity contribution in [3.05, 3.63) is 52.0 Å². The van der Waals surface area contributed by atoms with E-state index < -0.39 is 0 Å². The number of hydrogen-bond acceptors (Lipinski definition) is 4. The molecule has 0 radical (unpaired) electrons. The lowest BCUT2D eigenvalue weighted by atomic mass is 10.1. The van der Waals surface area contributed by atoms with Gasteiger partial charge in [-0.2, -0.15) is 0 Å². The lowest BCUT2D eigenvalue weighted by Crippen LogP contribution is -2.43. The van der Waals surface area contributed by atoms with Crippen LogP contribution >= 0.6 is 11.3 Å². The van der Waals surface area contributed by atoms with Crippen molar-refractivity contribution < 1.29 is 9.53 Å². The van der Waals surface area contributed by atoms with E-state index in [4.69, 9.17) is 4.74 Å². The van der Waals surface area contributed by atoms with Crippen molar-refractivity contribution >= 4 is 17.2 Å². The first-order valence-corrected chi connectivity index (χ1v) is 7.95. The maximum absolute atomic E-state index is 12.4. The zero-order valence-electron chi connectivity index (χ0n) is 12.0. The van der Waals surface area contributed by atoms with Crippen LogP contribution in [0.15, 0.2) is 35.7 Å². The highest BCUT2D eigenvalue weighted by atomic mass is 32.1. The topological polar surface area (TPSA) is 42.4 Å². The van der Waals surface area contributed by atoms with E-state index in [2.05, 4.69) is 4.98 Å². The molecule has 1 fully saturated rings. The third-order valence-electron chi connectivity index (χ3n) is 3.59. The van der Waals surface area contributed by atoms with Crippen LogP contribution in [-0.2, 0) is 16.0 Å². The first-order chi connectivity index (χ1) is 10.2. The fourth-order valence-corrected chi connectivity index (χ4v) is 3.11. The van der Waals surface area contributed by atoms with Crippen LogP contribution in [0.2, 0.25) is 0 Å². The molecule has 3 rings (SSSR count). The van der Waals surface area contributed by atoms with Gasteiger partial charge in [-0.25, -0.2) is 4.98 Å². The number of thiazole rings is 1. The molecule has 0 spiro atoms. The predicted octanol–water partition coefficient (Wildman–Crippen LogP) is 2.59. The molecule has 4 nitrogen and oxygen atoms in total. The predicted molar refractivity (Wildman–Crippen MR) is 82.3 cm³/mol. The van der Waals surface area contributed by atoms with Crippen LogP contribution in [0.1, 0.15) is 22.4 Å². The van der Waals surface area contributed by atoms with E-state index in [0.29, 0.717) is 26.1 Å². The van der Waals surface area contributed by atoms with Gasteiger partial charge in [0.05, 0.1) is 30.3 Å². The minimum atomic E-state index is -0.0268. The minimum absolute atomic E-state index is 0.0268. The number of carbonyl (C=O) groups excluding carboxylic acids is 1. The lowest BCUT2D eigenvalue weighted by Gasteiger charge is -2.33. The van der Waals surface area contributed by atoms with E-state index in [-0.39, 0.29) is 12.0 Å². The minimum Gasteiger partial charge on any atom is -0.370 e. The van der Waals surface area contributed by atoms with Crippen LogP contribution < -0.4 is 0 Å². The second kappa shape index (κ2) is 6.37. The van der Waals surface area contributed by atoms with E-state index in [1.54, 1.807) is 11.3 Å². The molecule has 1 aromatic heterocycles. The van der Waals surface area contributed by atoms with Gasteiger partial charge in [0.15, 0.2) is 0 Å². The van der Waals surface area contributed by atoms with Gasteiger partial charge >= 0.3 is 0 Å². The van der Waals surface area contributed by atoms with Crippen LogP contribution in [-0.4, -0.2) is 35.5 Å². The summed E-state index contributed by atoms with van der Waals surface area (Å²) in [4.78, 5) is 18.6. The molecule has 1 aliphatic rings. The summed E-state index contributed by atoms with van der Waals surface area (Å²) in [6.45, 7) is 3.82. The number of aromatic nitrogens is 1. The Labute approximate surface area is 128 Å². The fraction of sp³-hybridized carbons (Fsp3) is 0.375. The molecule has 0 bridgehead atoms. The van der Waals surface area contributed by atoms with Crippen molar-refractivity contribution in [1.29, 1.82) is 0 Å². The summed E-state index contributed by atoms with van der Waals surface area (Å²) in [5.41, 5.74) is 1.99. The van der Waals surface area contributed by atoms with E-state index >= 15 is 0 Å². The maximum atomic E-state index is 12.4. The monoisotopic (exact) mass is 302 g/mol. The Morgan fingerprint density at radius 2 is 2.24 bits per heavy atom. The van der Waals surface area contributed by atoms with Gasteiger partial charge in [0.1, 0.15) is 6.10 Å². The largest absolute Gasteiger partial charge is 0.370 e. The van der Waals surface area contributed by atoms with Crippen LogP contribution in [0.5, 0.6) is 0 Å². The first kappa shape index (κ1) is 14.2. The molecule has 1 aromatic carbocycles. The number of aryl methyl sites for hydroxylation is 1. The molecule has 1 unspecified atom stereocenters. The summed E-state index contributed by atoms with van der Waals surface area (Å²) in [5, 5.41) is 2.96. The van der Waals surface area contributed by atoms with E-state index in [1.165, 1.54) is 0 Å². The fourth-order valence-electron chi connectivity index (χ4n) is 2.50. The van der Waals surface area contributed by atoms with Gasteiger partial charge in [-0.1, -0.05) is 30.3 Å². The molecular weight excluding hydrogens is 284 g/mol. The summed E-state index contributed by atoms with van der Waals surface area (Å²) < 4.78 is 5.79. The molecule has 1 amide bonds. The molecule has 5 heteroatoms. The van der Waals surface area contributed by atoms with Crippen LogP contribution in [0.4, 0.5) is 0 Å². The molecule has 0 aliphatic carbocycles. The van der Waals surface area contributed by atoms with Crippen molar-refractivity contribution in [2.24, 2.45) is 0 Å². The number of hydrogen-bond donors (Lipinski definition) is 0. The van der Waals surface area contributed by atoms with Crippen molar-refractivity contribution in [3.63, 3.8) is 0 Å². The van der Waals surface area contributed by atoms with Crippen LogP contribution in [0, 0.1) is 6.92 Å². The molecule has 110 valence electrons. The molecule has 0 saturated carbocycles. The molecule has 21 heavy (non-hydrogen) atoms. The Balaban J connectivity index is 1.64. The van der Waals surface area contributed by atoms with Crippen LogP contribution in [0.25, 0.3) is 0 Å². The Morgan fingerprint density at radius 3 is 2.95 bits per heavy atom. The Hall–Kier alpha value is -1.72. The van der Waals surface area contributed by atoms with Crippen molar-refractivity contribution in [2.45, 2.75) is 19.4 Å². The summed E-state index contributed by atoms with van der Waals surface area (Å²) in [5.74, 6) is 0.129. The molecule has 1 atom stereocenters. The van der Waals surface area contributed by atoms with E-state index in [0.717, 1.165) is 16.3 Å². The van der Waals surface area contributed by atoms with Gasteiger partial charge in [0, 0.05) is 11.9 Å². The van der Waals surface area contributed by atoms with Crippen LogP contribution in [0.3, 0.4) is 0 Å². The molecule has 1 saturated heterocycles. The molecule has 2 heterocycles. The molecule has 1 aliphatic heterocycles. The van der Waals surface area contributed by atoms with Gasteiger partial charge in [0.2, 0.25) is 5.91 Å². The number of amides is 1. The van der Waals surface area contributed by atoms with Crippen molar-refractivity contribution in [3.8, 4) is 0 Å². The first-order valence-electron chi connectivity index (χ1n) is 7.07. The highest BCUT2D eigenvalue weighted by Crippen LogP contribution is 2.22. The third kappa shape index (κ3) is 3.49. The Morgan fingerprint density at radius 1 is 1.43 bits per heavy atom. The zero-order valence-corrected chi connectivity index (χ0v) is 12.8. The summed E-state index contributed by atoms with van der Waals surface area (Å²) >= 11 is 1.58. The van der Waals surface area contributed by atoms with Gasteiger partial charge in [-0.05, 0) is 12.5 Å². The van der Waals surface area contributed by atoms with Gasteiger partial charge in [-0.3, -0.25) is 4.79 Å². The Bertz CT molecular complexity index is 612. The second-order valence-electron chi connectivity index (χ2n) is 5.14. The zero-order chi connectivity index (χ0) is 14.7. The quantitative estimate of drug-likeness (QED) is 0.875. The number of morpholine rings is 1. The van der Waals surface area contributed by atoms with Crippen molar-refractivity contribution in [1.82, 2.24) is 9.88 Å². The third-order valence-corrected chi connectivity index (χ3v) is 4.41. The molecule has 2 aromatic rings. The van der Waals surface area contributed by atoms with E-state index in [9.17, 15) is 4.79 Å². The SMILES string of the molecule is Cc1nc(CC(=O)N2CCOC(c3ccccc3)C2)cs1. The number of nitrogens with zero attached hydrogens (tertiary/aromatic N) is 2. The number of ether oxygens (including phenoxy) is 1. The number of carbonyl (C=O) groups is 1. The van der Waals surface area contributed by atoms with E-state index in [1.807, 2.05) is 47.5 Å². The average molecular weight is 302 g/mol. The second-order valence-corrected chi connectivity index (χ2v) is 6.21.